The lowest BCUT2D eigenvalue weighted by molar-refractivity contribution is -0.126. The number of ether oxygens (including phenoxy) is 1. The molecular formula is C17H17N3O4. The molecular weight excluding hydrogens is 310 g/mol. The van der Waals surface area contributed by atoms with E-state index in [1.54, 1.807) is 42.5 Å². The maximum atomic E-state index is 11.8. The fourth-order valence-corrected chi connectivity index (χ4v) is 1.86. The highest BCUT2D eigenvalue weighted by atomic mass is 16.5. The first-order valence-corrected chi connectivity index (χ1v) is 7.12. The first-order valence-electron chi connectivity index (χ1n) is 7.12. The summed E-state index contributed by atoms with van der Waals surface area (Å²) in [6.07, 6.45) is 0.919. The van der Waals surface area contributed by atoms with Crippen LogP contribution in [0.2, 0.25) is 0 Å². The predicted molar refractivity (Wildman–Crippen MR) is 90.1 cm³/mol. The number of amides is 2. The molecule has 0 saturated heterocycles. The number of phenols is 1. The Morgan fingerprint density at radius 3 is 2.71 bits per heavy atom. The summed E-state index contributed by atoms with van der Waals surface area (Å²) in [5.74, 6) is -0.392. The van der Waals surface area contributed by atoms with Crippen molar-refractivity contribution in [2.45, 2.75) is 6.42 Å². The largest absolute Gasteiger partial charge is 0.507 e. The van der Waals surface area contributed by atoms with Crippen molar-refractivity contribution in [2.75, 3.05) is 12.4 Å². The second-order valence-corrected chi connectivity index (χ2v) is 4.81. The number of anilines is 1. The third-order valence-electron chi connectivity index (χ3n) is 3.00. The molecule has 3 N–H and O–H groups in total. The van der Waals surface area contributed by atoms with Crippen LogP contribution in [0.3, 0.4) is 0 Å². The summed E-state index contributed by atoms with van der Waals surface area (Å²) in [6.45, 7) is 0. The average Bonchev–Trinajstić information content (AvgIpc) is 2.56. The Morgan fingerprint density at radius 1 is 1.17 bits per heavy atom. The van der Waals surface area contributed by atoms with Crippen LogP contribution in [-0.4, -0.2) is 30.2 Å². The van der Waals surface area contributed by atoms with Crippen LogP contribution < -0.4 is 15.5 Å². The quantitative estimate of drug-likeness (QED) is 0.428. The van der Waals surface area contributed by atoms with Crippen molar-refractivity contribution in [1.29, 1.82) is 0 Å². The number of aromatic hydroxyl groups is 1. The van der Waals surface area contributed by atoms with E-state index in [1.807, 2.05) is 0 Å². The molecule has 0 heterocycles. The minimum Gasteiger partial charge on any atom is -0.507 e. The van der Waals surface area contributed by atoms with Crippen molar-refractivity contribution >= 4 is 23.7 Å². The fraction of sp³-hybridized carbons (Fsp3) is 0.118. The lowest BCUT2D eigenvalue weighted by Crippen LogP contribution is -2.24. The second kappa shape index (κ2) is 8.33. The van der Waals surface area contributed by atoms with E-state index in [0.29, 0.717) is 17.0 Å². The molecule has 0 aliphatic rings. The Bertz CT molecular complexity index is 759. The molecule has 7 heteroatoms. The van der Waals surface area contributed by atoms with Crippen LogP contribution in [0.1, 0.15) is 12.0 Å². The van der Waals surface area contributed by atoms with E-state index in [0.717, 1.165) is 0 Å². The topological polar surface area (TPSA) is 100 Å². The Morgan fingerprint density at radius 2 is 1.96 bits per heavy atom. The molecule has 0 atom stereocenters. The van der Waals surface area contributed by atoms with Gasteiger partial charge in [-0.2, -0.15) is 5.10 Å². The molecule has 2 aromatic rings. The number of para-hydroxylation sites is 1. The Hall–Kier alpha value is -3.35. The van der Waals surface area contributed by atoms with E-state index in [2.05, 4.69) is 15.8 Å². The maximum Gasteiger partial charge on any atom is 0.249 e. The minimum absolute atomic E-state index is 0.0475. The number of hydrogen-bond donors (Lipinski definition) is 3. The van der Waals surface area contributed by atoms with Crippen molar-refractivity contribution in [3.63, 3.8) is 0 Å². The van der Waals surface area contributed by atoms with Crippen LogP contribution in [0.4, 0.5) is 5.69 Å². The van der Waals surface area contributed by atoms with Gasteiger partial charge in [0.2, 0.25) is 11.8 Å². The lowest BCUT2D eigenvalue weighted by Gasteiger charge is -2.06. The molecule has 2 aromatic carbocycles. The zero-order valence-electron chi connectivity index (χ0n) is 13.0. The summed E-state index contributed by atoms with van der Waals surface area (Å²) in [5.41, 5.74) is 3.22. The highest BCUT2D eigenvalue weighted by Gasteiger charge is 2.09. The standard InChI is InChI=1S/C17H17N3O4/c1-24-14-7-4-6-13(9-14)19-16(22)10-17(23)20-18-11-12-5-2-3-8-15(12)21/h2-9,11,21H,10H2,1H3,(H,19,22)(H,20,23)/b18-11+. The van der Waals surface area contributed by atoms with Crippen molar-refractivity contribution in [1.82, 2.24) is 5.43 Å². The van der Waals surface area contributed by atoms with Gasteiger partial charge in [0.25, 0.3) is 0 Å². The molecule has 2 rings (SSSR count). The smallest absolute Gasteiger partial charge is 0.249 e. The number of nitrogens with zero attached hydrogens (tertiary/aromatic N) is 1. The van der Waals surface area contributed by atoms with Crippen molar-refractivity contribution in [2.24, 2.45) is 5.10 Å². The van der Waals surface area contributed by atoms with Crippen LogP contribution in [0.15, 0.2) is 53.6 Å². The van der Waals surface area contributed by atoms with Gasteiger partial charge < -0.3 is 15.2 Å². The number of hydrazone groups is 1. The normalized spacial score (nSPS) is 10.4. The van der Waals surface area contributed by atoms with Gasteiger partial charge >= 0.3 is 0 Å². The number of rotatable bonds is 6. The molecule has 0 saturated carbocycles. The van der Waals surface area contributed by atoms with E-state index in [-0.39, 0.29) is 12.2 Å². The van der Waals surface area contributed by atoms with E-state index in [4.69, 9.17) is 4.74 Å². The molecule has 24 heavy (non-hydrogen) atoms. The van der Waals surface area contributed by atoms with Gasteiger partial charge in [0.05, 0.1) is 13.3 Å². The number of methoxy groups -OCH3 is 1. The third kappa shape index (κ3) is 5.13. The molecule has 0 unspecified atom stereocenters. The molecule has 0 fully saturated rings. The predicted octanol–water partition coefficient (Wildman–Crippen LogP) is 1.88. The van der Waals surface area contributed by atoms with Crippen molar-refractivity contribution in [3.05, 3.63) is 54.1 Å². The molecule has 124 valence electrons. The maximum absolute atomic E-state index is 11.8. The zero-order valence-corrected chi connectivity index (χ0v) is 13.0. The van der Waals surface area contributed by atoms with Crippen LogP contribution in [0.5, 0.6) is 11.5 Å². The minimum atomic E-state index is -0.568. The molecule has 0 aliphatic carbocycles. The molecule has 0 aliphatic heterocycles. The SMILES string of the molecule is COc1cccc(NC(=O)CC(=O)N/N=C/c2ccccc2O)c1. The number of nitrogens with one attached hydrogen (secondary N) is 2. The monoisotopic (exact) mass is 327 g/mol. The molecule has 0 bridgehead atoms. The molecule has 0 spiro atoms. The van der Waals surface area contributed by atoms with Gasteiger partial charge in [0, 0.05) is 17.3 Å². The summed E-state index contributed by atoms with van der Waals surface area (Å²) in [4.78, 5) is 23.5. The Labute approximate surface area is 139 Å². The number of carbonyl (C=O) groups is 2. The first kappa shape index (κ1) is 17.0. The van der Waals surface area contributed by atoms with Gasteiger partial charge in [-0.15, -0.1) is 0 Å². The highest BCUT2D eigenvalue weighted by molar-refractivity contribution is 6.03. The van der Waals surface area contributed by atoms with Crippen LogP contribution in [-0.2, 0) is 9.59 Å². The summed E-state index contributed by atoms with van der Waals surface area (Å²) in [5, 5.41) is 15.8. The van der Waals surface area contributed by atoms with E-state index in [1.165, 1.54) is 19.4 Å². The summed E-state index contributed by atoms with van der Waals surface area (Å²) in [7, 11) is 1.52. The molecule has 0 aromatic heterocycles. The van der Waals surface area contributed by atoms with Gasteiger partial charge in [-0.1, -0.05) is 18.2 Å². The summed E-state index contributed by atoms with van der Waals surface area (Å²) < 4.78 is 5.05. The number of hydrogen-bond acceptors (Lipinski definition) is 5. The second-order valence-electron chi connectivity index (χ2n) is 4.81. The molecule has 0 radical (unpaired) electrons. The van der Waals surface area contributed by atoms with Crippen LogP contribution >= 0.6 is 0 Å². The fourth-order valence-electron chi connectivity index (χ4n) is 1.86. The summed E-state index contributed by atoms with van der Waals surface area (Å²) >= 11 is 0. The summed E-state index contributed by atoms with van der Waals surface area (Å²) in [6, 6.07) is 13.4. The Kier molecular flexibility index (Phi) is 5.90. The Balaban J connectivity index is 1.83. The number of benzene rings is 2. The molecule has 2 amide bonds. The van der Waals surface area contributed by atoms with E-state index < -0.39 is 11.8 Å². The van der Waals surface area contributed by atoms with Gasteiger partial charge in [-0.3, -0.25) is 9.59 Å². The van der Waals surface area contributed by atoms with E-state index in [9.17, 15) is 14.7 Å². The number of carbonyl (C=O) groups excluding carboxylic acids is 2. The van der Waals surface area contributed by atoms with Crippen molar-refractivity contribution < 1.29 is 19.4 Å². The van der Waals surface area contributed by atoms with Crippen molar-refractivity contribution in [3.8, 4) is 11.5 Å². The van der Waals surface area contributed by atoms with Gasteiger partial charge in [0.1, 0.15) is 17.9 Å². The van der Waals surface area contributed by atoms with Crippen LogP contribution in [0, 0.1) is 0 Å². The molecule has 7 nitrogen and oxygen atoms in total. The first-order chi connectivity index (χ1) is 11.6. The van der Waals surface area contributed by atoms with Gasteiger partial charge in [-0.25, -0.2) is 5.43 Å². The van der Waals surface area contributed by atoms with E-state index >= 15 is 0 Å². The van der Waals surface area contributed by atoms with Gasteiger partial charge in [0.15, 0.2) is 0 Å². The zero-order chi connectivity index (χ0) is 17.4. The number of phenolic OH excluding ortho intramolecular Hbond substituents is 1. The average molecular weight is 327 g/mol. The third-order valence-corrected chi connectivity index (χ3v) is 3.00. The van der Waals surface area contributed by atoms with Crippen LogP contribution in [0.25, 0.3) is 0 Å². The lowest BCUT2D eigenvalue weighted by atomic mass is 10.2. The van der Waals surface area contributed by atoms with Gasteiger partial charge in [-0.05, 0) is 24.3 Å². The highest BCUT2D eigenvalue weighted by Crippen LogP contribution is 2.16.